The molecule has 2 rings (SSSR count). The standard InChI is InChI=1S/C18H15BrN4O4/c19-9-17(26)23(11-12-4-1-2-7-15(12)24)14-6-3-5-13(8-14)22-18(27)16(25)10-21-20/h1-8,10,24H,9,11H2,(H,22,27). The molecule has 0 atom stereocenters. The van der Waals surface area contributed by atoms with Crippen molar-refractivity contribution in [3.63, 3.8) is 0 Å². The van der Waals surface area contributed by atoms with Crippen LogP contribution in [0.2, 0.25) is 0 Å². The molecular formula is C18H15BrN4O4. The highest BCUT2D eigenvalue weighted by Gasteiger charge is 2.19. The van der Waals surface area contributed by atoms with Gasteiger partial charge in [-0.1, -0.05) is 40.2 Å². The van der Waals surface area contributed by atoms with E-state index in [4.69, 9.17) is 5.53 Å². The quantitative estimate of drug-likeness (QED) is 0.229. The Morgan fingerprint density at radius 1 is 1.19 bits per heavy atom. The molecule has 0 aliphatic rings. The summed E-state index contributed by atoms with van der Waals surface area (Å²) in [5.74, 6) is -2.21. The number of hydrogen-bond acceptors (Lipinski definition) is 4. The highest BCUT2D eigenvalue weighted by Crippen LogP contribution is 2.25. The van der Waals surface area contributed by atoms with Gasteiger partial charge in [0.15, 0.2) is 0 Å². The van der Waals surface area contributed by atoms with Crippen LogP contribution in [0, 0.1) is 0 Å². The predicted octanol–water partition coefficient (Wildman–Crippen LogP) is 2.13. The maximum Gasteiger partial charge on any atom is 0.333 e. The SMILES string of the molecule is [N-]=[N+]=CC(=O)C(=O)Nc1cccc(N(Cc2ccccc2O)C(=O)CBr)c1. The normalized spacial score (nSPS) is 9.81. The van der Waals surface area contributed by atoms with Gasteiger partial charge in [0.2, 0.25) is 5.91 Å². The van der Waals surface area contributed by atoms with Crippen molar-refractivity contribution in [2.75, 3.05) is 15.5 Å². The second kappa shape index (κ2) is 9.42. The molecule has 0 aliphatic heterocycles. The molecule has 0 heterocycles. The lowest BCUT2D eigenvalue weighted by atomic mass is 10.1. The van der Waals surface area contributed by atoms with Gasteiger partial charge in [0, 0.05) is 16.9 Å². The minimum absolute atomic E-state index is 0.0582. The maximum atomic E-state index is 12.4. The van der Waals surface area contributed by atoms with E-state index in [1.54, 1.807) is 36.4 Å². The fourth-order valence-corrected chi connectivity index (χ4v) is 2.57. The van der Waals surface area contributed by atoms with E-state index in [0.29, 0.717) is 17.5 Å². The van der Waals surface area contributed by atoms with Crippen LogP contribution in [0.5, 0.6) is 5.75 Å². The molecule has 0 saturated heterocycles. The topological polar surface area (TPSA) is 123 Å². The summed E-state index contributed by atoms with van der Waals surface area (Å²) in [6.45, 7) is 0.116. The Bertz CT molecular complexity index is 925. The zero-order valence-corrected chi connectivity index (χ0v) is 15.6. The minimum Gasteiger partial charge on any atom is -0.508 e. The second-order valence-corrected chi connectivity index (χ2v) is 5.92. The van der Waals surface area contributed by atoms with Crippen LogP contribution >= 0.6 is 15.9 Å². The Morgan fingerprint density at radius 3 is 2.59 bits per heavy atom. The number of para-hydroxylation sites is 1. The van der Waals surface area contributed by atoms with Crippen molar-refractivity contribution in [3.05, 3.63) is 59.6 Å². The third kappa shape index (κ3) is 5.34. The molecule has 27 heavy (non-hydrogen) atoms. The summed E-state index contributed by atoms with van der Waals surface area (Å²) in [6.07, 6.45) is 0.484. The number of amides is 2. The van der Waals surface area contributed by atoms with Crippen LogP contribution in [0.1, 0.15) is 5.56 Å². The lowest BCUT2D eigenvalue weighted by molar-refractivity contribution is -0.132. The highest BCUT2D eigenvalue weighted by atomic mass is 79.9. The van der Waals surface area contributed by atoms with Crippen LogP contribution in [-0.2, 0) is 20.9 Å². The fourth-order valence-electron chi connectivity index (χ4n) is 2.27. The number of ketones is 1. The minimum atomic E-state index is -1.02. The summed E-state index contributed by atoms with van der Waals surface area (Å²) in [6, 6.07) is 13.0. The maximum absolute atomic E-state index is 12.4. The number of alkyl halides is 1. The largest absolute Gasteiger partial charge is 0.508 e. The van der Waals surface area contributed by atoms with E-state index in [2.05, 4.69) is 26.0 Å². The van der Waals surface area contributed by atoms with Crippen LogP contribution < -0.4 is 10.2 Å². The van der Waals surface area contributed by atoms with E-state index in [9.17, 15) is 19.5 Å². The van der Waals surface area contributed by atoms with E-state index in [1.807, 2.05) is 0 Å². The van der Waals surface area contributed by atoms with E-state index >= 15 is 0 Å². The van der Waals surface area contributed by atoms with E-state index in [0.717, 1.165) is 0 Å². The number of halogens is 1. The average molecular weight is 431 g/mol. The molecule has 138 valence electrons. The van der Waals surface area contributed by atoms with Crippen molar-refractivity contribution in [1.29, 1.82) is 0 Å². The molecule has 0 aliphatic carbocycles. The molecule has 2 aromatic carbocycles. The predicted molar refractivity (Wildman–Crippen MR) is 103 cm³/mol. The number of aromatic hydroxyl groups is 1. The van der Waals surface area contributed by atoms with Crippen LogP contribution in [0.15, 0.2) is 48.5 Å². The van der Waals surface area contributed by atoms with Gasteiger partial charge in [-0.2, -0.15) is 4.79 Å². The molecule has 0 unspecified atom stereocenters. The Morgan fingerprint density at radius 2 is 1.93 bits per heavy atom. The number of nitrogens with zero attached hydrogens (tertiary/aromatic N) is 3. The van der Waals surface area contributed by atoms with E-state index < -0.39 is 11.7 Å². The van der Waals surface area contributed by atoms with Gasteiger partial charge in [0.1, 0.15) is 5.75 Å². The summed E-state index contributed by atoms with van der Waals surface area (Å²) in [5.41, 5.74) is 9.61. The van der Waals surface area contributed by atoms with Crippen molar-refractivity contribution in [2.45, 2.75) is 6.54 Å². The van der Waals surface area contributed by atoms with Gasteiger partial charge in [-0.05, 0) is 24.3 Å². The zero-order valence-electron chi connectivity index (χ0n) is 14.0. The first-order chi connectivity index (χ1) is 13.0. The third-order valence-corrected chi connectivity index (χ3v) is 4.03. The lowest BCUT2D eigenvalue weighted by Crippen LogP contribution is -2.31. The number of anilines is 2. The molecule has 0 aromatic heterocycles. The van der Waals surface area contributed by atoms with Gasteiger partial charge in [0.25, 0.3) is 0 Å². The Balaban J connectivity index is 2.30. The molecule has 2 aromatic rings. The number of phenolic OH excluding ortho intramolecular Hbond substituents is 1. The first-order valence-electron chi connectivity index (χ1n) is 7.72. The molecule has 9 heteroatoms. The second-order valence-electron chi connectivity index (χ2n) is 5.36. The molecule has 8 nitrogen and oxygen atoms in total. The highest BCUT2D eigenvalue weighted by molar-refractivity contribution is 9.09. The monoisotopic (exact) mass is 430 g/mol. The van der Waals surface area contributed by atoms with Gasteiger partial charge in [-0.3, -0.25) is 14.4 Å². The smallest absolute Gasteiger partial charge is 0.333 e. The van der Waals surface area contributed by atoms with E-state index in [-0.39, 0.29) is 29.2 Å². The molecule has 0 fully saturated rings. The number of benzene rings is 2. The first kappa shape index (κ1) is 20.0. The molecule has 2 N–H and O–H groups in total. The summed E-state index contributed by atoms with van der Waals surface area (Å²) >= 11 is 3.13. The molecule has 0 bridgehead atoms. The zero-order chi connectivity index (χ0) is 19.8. The van der Waals surface area contributed by atoms with Crippen molar-refractivity contribution < 1.29 is 24.3 Å². The van der Waals surface area contributed by atoms with Gasteiger partial charge in [-0.25, -0.2) is 0 Å². The number of Topliss-reactive ketones (excluding diaryl/α,β-unsaturated/α-hetero) is 1. The van der Waals surface area contributed by atoms with Crippen LogP contribution in [0.3, 0.4) is 0 Å². The molecule has 2 amide bonds. The van der Waals surface area contributed by atoms with Gasteiger partial charge in [0.05, 0.1) is 11.9 Å². The number of rotatable bonds is 7. The Labute approximate surface area is 163 Å². The van der Waals surface area contributed by atoms with Gasteiger partial charge < -0.3 is 20.9 Å². The summed E-state index contributed by atoms with van der Waals surface area (Å²) in [4.78, 5) is 39.4. The average Bonchev–Trinajstić information content (AvgIpc) is 2.67. The van der Waals surface area contributed by atoms with Crippen molar-refractivity contribution in [3.8, 4) is 5.75 Å². The van der Waals surface area contributed by atoms with Crippen molar-refractivity contribution in [1.82, 2.24) is 0 Å². The molecule has 0 radical (unpaired) electrons. The van der Waals surface area contributed by atoms with E-state index in [1.165, 1.54) is 17.0 Å². The summed E-state index contributed by atoms with van der Waals surface area (Å²) < 4.78 is 0. The summed E-state index contributed by atoms with van der Waals surface area (Å²) in [5, 5.41) is 12.4. The van der Waals surface area contributed by atoms with Crippen LogP contribution in [-0.4, -0.2) is 39.0 Å². The fraction of sp³-hybridized carbons (Fsp3) is 0.111. The Kier molecular flexibility index (Phi) is 6.99. The first-order valence-corrected chi connectivity index (χ1v) is 8.84. The number of carbonyl (C=O) groups excluding carboxylic acids is 3. The number of carbonyl (C=O) groups is 3. The van der Waals surface area contributed by atoms with Gasteiger partial charge >= 0.3 is 17.9 Å². The Hall–Kier alpha value is -3.29. The van der Waals surface area contributed by atoms with Crippen LogP contribution in [0.25, 0.3) is 5.53 Å². The lowest BCUT2D eigenvalue weighted by Gasteiger charge is -2.23. The summed E-state index contributed by atoms with van der Waals surface area (Å²) in [7, 11) is 0. The molecule has 0 saturated carbocycles. The number of phenols is 1. The third-order valence-electron chi connectivity index (χ3n) is 3.55. The number of nitrogens with one attached hydrogen (secondary N) is 1. The van der Waals surface area contributed by atoms with Crippen molar-refractivity contribution in [2.24, 2.45) is 0 Å². The van der Waals surface area contributed by atoms with Gasteiger partial charge in [-0.15, -0.1) is 0 Å². The van der Waals surface area contributed by atoms with Crippen molar-refractivity contribution >= 4 is 51.1 Å². The number of hydrogen-bond donors (Lipinski definition) is 2. The molecule has 0 spiro atoms. The molecular weight excluding hydrogens is 416 g/mol. The van der Waals surface area contributed by atoms with Crippen LogP contribution in [0.4, 0.5) is 11.4 Å².